The predicted molar refractivity (Wildman–Crippen MR) is 74.4 cm³/mol. The van der Waals surface area contributed by atoms with Gasteiger partial charge < -0.3 is 20.3 Å². The van der Waals surface area contributed by atoms with Gasteiger partial charge in [0.2, 0.25) is 5.91 Å². The molecule has 2 rings (SSSR count). The van der Waals surface area contributed by atoms with Gasteiger partial charge in [0, 0.05) is 39.3 Å². The molecular weight excluding hydrogens is 244 g/mol. The molecule has 1 aliphatic heterocycles. The zero-order chi connectivity index (χ0) is 13.7. The van der Waals surface area contributed by atoms with Crippen LogP contribution in [0.1, 0.15) is 6.42 Å². The van der Waals surface area contributed by atoms with Gasteiger partial charge >= 0.3 is 0 Å². The molecule has 1 unspecified atom stereocenters. The molecule has 0 aliphatic carbocycles. The average molecular weight is 264 g/mol. The minimum atomic E-state index is -0.0286. The number of hydrogen-bond acceptors (Lipinski definition) is 5. The van der Waals surface area contributed by atoms with Crippen LogP contribution in [0.15, 0.2) is 18.3 Å². The normalized spacial score (nSPS) is 18.9. The van der Waals surface area contributed by atoms with Crippen LogP contribution in [0.3, 0.4) is 0 Å². The Labute approximate surface area is 113 Å². The van der Waals surface area contributed by atoms with Crippen LogP contribution < -0.4 is 15.5 Å². The number of anilines is 2. The summed E-state index contributed by atoms with van der Waals surface area (Å²) in [5.41, 5.74) is 0.731. The van der Waals surface area contributed by atoms with Crippen molar-refractivity contribution in [3.8, 4) is 0 Å². The van der Waals surface area contributed by atoms with Crippen LogP contribution in [0.5, 0.6) is 0 Å². The van der Waals surface area contributed by atoms with Crippen LogP contribution in [0.4, 0.5) is 11.5 Å². The van der Waals surface area contributed by atoms with Crippen molar-refractivity contribution in [2.24, 2.45) is 0 Å². The number of hydrogen-bond donors (Lipinski definition) is 2. The number of amides is 1. The topological polar surface area (TPSA) is 66.5 Å². The van der Waals surface area contributed by atoms with E-state index >= 15 is 0 Å². The number of morpholine rings is 1. The van der Waals surface area contributed by atoms with Crippen molar-refractivity contribution in [2.45, 2.75) is 12.5 Å². The Kier molecular flexibility index (Phi) is 4.70. The molecule has 6 heteroatoms. The Balaban J connectivity index is 1.94. The molecule has 0 spiro atoms. The molecule has 6 nitrogen and oxygen atoms in total. The maximum absolute atomic E-state index is 12.0. The fourth-order valence-corrected chi connectivity index (χ4v) is 2.03. The van der Waals surface area contributed by atoms with Crippen molar-refractivity contribution in [1.82, 2.24) is 10.3 Å². The highest BCUT2D eigenvalue weighted by Crippen LogP contribution is 2.20. The van der Waals surface area contributed by atoms with Gasteiger partial charge in [-0.25, -0.2) is 4.98 Å². The van der Waals surface area contributed by atoms with Crippen LogP contribution in [-0.2, 0) is 9.53 Å². The van der Waals surface area contributed by atoms with E-state index in [-0.39, 0.29) is 11.9 Å². The third-order valence-electron chi connectivity index (χ3n) is 2.91. The summed E-state index contributed by atoms with van der Waals surface area (Å²) >= 11 is 0. The summed E-state index contributed by atoms with van der Waals surface area (Å²) in [6.07, 6.45) is 2.11. The summed E-state index contributed by atoms with van der Waals surface area (Å²) in [7, 11) is 3.79. The lowest BCUT2D eigenvalue weighted by Crippen LogP contribution is -2.43. The minimum absolute atomic E-state index is 0.0286. The first kappa shape index (κ1) is 13.8. The molecule has 2 heterocycles. The number of ether oxygens (including phenoxy) is 1. The monoisotopic (exact) mass is 264 g/mol. The highest BCUT2D eigenvalue weighted by molar-refractivity contribution is 5.93. The third kappa shape index (κ3) is 3.90. The second-order valence-electron chi connectivity index (χ2n) is 4.75. The first-order valence-electron chi connectivity index (χ1n) is 6.40. The molecule has 0 bridgehead atoms. The van der Waals surface area contributed by atoms with E-state index < -0.39 is 0 Å². The van der Waals surface area contributed by atoms with Crippen LogP contribution in [0.2, 0.25) is 0 Å². The molecule has 104 valence electrons. The summed E-state index contributed by atoms with van der Waals surface area (Å²) < 4.78 is 5.33. The Hall–Kier alpha value is -1.66. The summed E-state index contributed by atoms with van der Waals surface area (Å²) in [4.78, 5) is 18.1. The van der Waals surface area contributed by atoms with Gasteiger partial charge in [0.15, 0.2) is 5.82 Å². The minimum Gasteiger partial charge on any atom is -0.378 e. The van der Waals surface area contributed by atoms with Crippen molar-refractivity contribution in [3.63, 3.8) is 0 Å². The van der Waals surface area contributed by atoms with Gasteiger partial charge in [-0.1, -0.05) is 0 Å². The molecule has 1 aliphatic rings. The van der Waals surface area contributed by atoms with Gasteiger partial charge in [0.1, 0.15) is 0 Å². The first-order valence-corrected chi connectivity index (χ1v) is 6.40. The van der Waals surface area contributed by atoms with E-state index in [4.69, 9.17) is 4.74 Å². The summed E-state index contributed by atoms with van der Waals surface area (Å²) in [5, 5.41) is 6.16. The molecule has 1 atom stereocenters. The lowest BCUT2D eigenvalue weighted by Gasteiger charge is -2.23. The quantitative estimate of drug-likeness (QED) is 0.827. The highest BCUT2D eigenvalue weighted by Gasteiger charge is 2.17. The summed E-state index contributed by atoms with van der Waals surface area (Å²) in [5.74, 6) is 0.725. The van der Waals surface area contributed by atoms with Crippen LogP contribution in [0.25, 0.3) is 0 Å². The van der Waals surface area contributed by atoms with Crippen molar-refractivity contribution >= 4 is 17.4 Å². The van der Waals surface area contributed by atoms with Gasteiger partial charge in [0.05, 0.1) is 18.9 Å². The molecule has 0 aromatic carbocycles. The van der Waals surface area contributed by atoms with Crippen LogP contribution >= 0.6 is 0 Å². The first-order chi connectivity index (χ1) is 9.16. The fourth-order valence-electron chi connectivity index (χ4n) is 2.03. The molecule has 1 aromatic heterocycles. The number of aromatic nitrogens is 1. The van der Waals surface area contributed by atoms with E-state index in [9.17, 15) is 4.79 Å². The van der Waals surface area contributed by atoms with Crippen molar-refractivity contribution in [2.75, 3.05) is 44.1 Å². The van der Waals surface area contributed by atoms with E-state index in [1.807, 2.05) is 31.1 Å². The fraction of sp³-hybridized carbons (Fsp3) is 0.538. The largest absolute Gasteiger partial charge is 0.378 e. The predicted octanol–water partition coefficient (Wildman–Crippen LogP) is 0.465. The highest BCUT2D eigenvalue weighted by atomic mass is 16.5. The number of nitrogens with zero attached hydrogens (tertiary/aromatic N) is 2. The lowest BCUT2D eigenvalue weighted by molar-refractivity contribution is -0.117. The lowest BCUT2D eigenvalue weighted by atomic mass is 10.2. The van der Waals surface area contributed by atoms with Crippen LogP contribution in [0, 0.1) is 0 Å². The zero-order valence-electron chi connectivity index (χ0n) is 11.3. The van der Waals surface area contributed by atoms with Gasteiger partial charge in [0.25, 0.3) is 0 Å². The maximum Gasteiger partial charge on any atom is 0.226 e. The van der Waals surface area contributed by atoms with E-state index in [1.54, 1.807) is 6.20 Å². The van der Waals surface area contributed by atoms with Crippen molar-refractivity contribution < 1.29 is 9.53 Å². The van der Waals surface area contributed by atoms with E-state index in [0.717, 1.165) is 18.1 Å². The second kappa shape index (κ2) is 6.49. The van der Waals surface area contributed by atoms with E-state index in [1.165, 1.54) is 0 Å². The van der Waals surface area contributed by atoms with Crippen molar-refractivity contribution in [1.29, 1.82) is 0 Å². The Morgan fingerprint density at radius 3 is 3.16 bits per heavy atom. The van der Waals surface area contributed by atoms with Crippen LogP contribution in [-0.4, -0.2) is 50.8 Å². The number of rotatable bonds is 4. The second-order valence-corrected chi connectivity index (χ2v) is 4.75. The van der Waals surface area contributed by atoms with E-state index in [2.05, 4.69) is 15.6 Å². The summed E-state index contributed by atoms with van der Waals surface area (Å²) in [6, 6.07) is 3.75. The Morgan fingerprint density at radius 1 is 1.63 bits per heavy atom. The Morgan fingerprint density at radius 2 is 2.47 bits per heavy atom. The molecule has 1 saturated heterocycles. The molecule has 1 aromatic rings. The molecule has 1 amide bonds. The maximum atomic E-state index is 12.0. The van der Waals surface area contributed by atoms with Gasteiger partial charge in [-0.15, -0.1) is 0 Å². The van der Waals surface area contributed by atoms with Crippen molar-refractivity contribution in [3.05, 3.63) is 18.3 Å². The van der Waals surface area contributed by atoms with E-state index in [0.29, 0.717) is 19.6 Å². The molecule has 0 saturated carbocycles. The molecule has 1 fully saturated rings. The SMILES string of the molecule is CN(C)c1ncccc1NC(=O)CC1COCCN1. The zero-order valence-corrected chi connectivity index (χ0v) is 11.3. The molecule has 19 heavy (non-hydrogen) atoms. The average Bonchev–Trinajstić information content (AvgIpc) is 2.40. The number of nitrogens with one attached hydrogen (secondary N) is 2. The molecule has 0 radical (unpaired) electrons. The number of pyridine rings is 1. The summed E-state index contributed by atoms with van der Waals surface area (Å²) in [6.45, 7) is 2.10. The van der Waals surface area contributed by atoms with Gasteiger partial charge in [-0.2, -0.15) is 0 Å². The standard InChI is InChI=1S/C13H20N4O2/c1-17(2)13-11(4-3-5-15-13)16-12(18)8-10-9-19-7-6-14-10/h3-5,10,14H,6-9H2,1-2H3,(H,16,18). The molecule has 2 N–H and O–H groups in total. The smallest absolute Gasteiger partial charge is 0.226 e. The Bertz CT molecular complexity index is 430. The third-order valence-corrected chi connectivity index (χ3v) is 2.91. The number of carbonyl (C=O) groups is 1. The van der Waals surface area contributed by atoms with Gasteiger partial charge in [-0.3, -0.25) is 4.79 Å². The van der Waals surface area contributed by atoms with Gasteiger partial charge in [-0.05, 0) is 12.1 Å². The number of carbonyl (C=O) groups excluding carboxylic acids is 1. The molecular formula is C13H20N4O2.